The molecule has 0 unspecified atom stereocenters. The number of pyridine rings is 1. The minimum absolute atomic E-state index is 1.03. The maximum Gasteiger partial charge on any atom is 0.170 e. The molecule has 0 aliphatic heterocycles. The van der Waals surface area contributed by atoms with Crippen molar-refractivity contribution < 1.29 is 4.57 Å². The van der Waals surface area contributed by atoms with E-state index in [1.165, 1.54) is 0 Å². The van der Waals surface area contributed by atoms with Gasteiger partial charge in [0.15, 0.2) is 12.4 Å². The first kappa shape index (κ1) is 7.06. The highest BCUT2D eigenvalue weighted by molar-refractivity contribution is 5.38. The number of rotatable bonds is 2. The lowest BCUT2D eigenvalue weighted by Gasteiger charge is -1.95. The highest BCUT2D eigenvalue weighted by Crippen LogP contribution is 1.98. The van der Waals surface area contributed by atoms with Crippen molar-refractivity contribution >= 4 is 5.69 Å². The largest absolute Gasteiger partial charge is 0.388 e. The van der Waals surface area contributed by atoms with Gasteiger partial charge in [0.1, 0.15) is 6.54 Å². The predicted molar refractivity (Wildman–Crippen MR) is 41.9 cm³/mol. The first-order valence-corrected chi connectivity index (χ1v) is 3.53. The van der Waals surface area contributed by atoms with Gasteiger partial charge in [-0.2, -0.15) is 0 Å². The zero-order valence-corrected chi connectivity index (χ0v) is 6.46. The maximum atomic E-state index is 3.06. The summed E-state index contributed by atoms with van der Waals surface area (Å²) in [6, 6.07) is 4.12. The summed E-state index contributed by atoms with van der Waals surface area (Å²) < 4.78 is 2.13. The van der Waals surface area contributed by atoms with E-state index in [1.807, 2.05) is 7.05 Å². The van der Waals surface area contributed by atoms with Crippen LogP contribution in [-0.4, -0.2) is 7.05 Å². The average Bonchev–Trinajstić information content (AvgIpc) is 2.05. The summed E-state index contributed by atoms with van der Waals surface area (Å²) in [7, 11) is 1.92. The van der Waals surface area contributed by atoms with Gasteiger partial charge < -0.3 is 5.32 Å². The monoisotopic (exact) mass is 137 g/mol. The van der Waals surface area contributed by atoms with Crippen molar-refractivity contribution in [3.63, 3.8) is 0 Å². The van der Waals surface area contributed by atoms with Crippen molar-refractivity contribution in [3.8, 4) is 0 Å². The predicted octanol–water partition coefficient (Wildman–Crippen LogP) is 1.04. The molecule has 0 bridgehead atoms. The van der Waals surface area contributed by atoms with Gasteiger partial charge in [0.2, 0.25) is 0 Å². The fraction of sp³-hybridized carbons (Fsp3) is 0.375. The number of aryl methyl sites for hydroxylation is 1. The van der Waals surface area contributed by atoms with E-state index in [4.69, 9.17) is 0 Å². The van der Waals surface area contributed by atoms with Crippen molar-refractivity contribution in [1.29, 1.82) is 0 Å². The summed E-state index contributed by atoms with van der Waals surface area (Å²) in [5.74, 6) is 0. The second-order valence-corrected chi connectivity index (χ2v) is 2.17. The van der Waals surface area contributed by atoms with Crippen LogP contribution in [0.4, 0.5) is 5.69 Å². The Hall–Kier alpha value is -1.05. The van der Waals surface area contributed by atoms with Crippen molar-refractivity contribution in [2.24, 2.45) is 0 Å². The van der Waals surface area contributed by atoms with E-state index in [9.17, 15) is 0 Å². The summed E-state index contributed by atoms with van der Waals surface area (Å²) >= 11 is 0. The molecular weight excluding hydrogens is 124 g/mol. The van der Waals surface area contributed by atoms with E-state index < -0.39 is 0 Å². The van der Waals surface area contributed by atoms with Crippen molar-refractivity contribution in [1.82, 2.24) is 0 Å². The average molecular weight is 137 g/mol. The molecule has 2 heteroatoms. The fourth-order valence-corrected chi connectivity index (χ4v) is 0.835. The molecule has 54 valence electrons. The van der Waals surface area contributed by atoms with Crippen LogP contribution in [0.3, 0.4) is 0 Å². The molecule has 0 aromatic carbocycles. The third kappa shape index (κ3) is 1.47. The van der Waals surface area contributed by atoms with Crippen LogP contribution < -0.4 is 9.88 Å². The Kier molecular flexibility index (Phi) is 2.26. The summed E-state index contributed by atoms with van der Waals surface area (Å²) in [6.07, 6.45) is 4.12. The number of nitrogens with zero attached hydrogens (tertiary/aromatic N) is 1. The van der Waals surface area contributed by atoms with Gasteiger partial charge in [-0.05, 0) is 6.92 Å². The Morgan fingerprint density at radius 2 is 2.00 bits per heavy atom. The van der Waals surface area contributed by atoms with Crippen molar-refractivity contribution in [2.75, 3.05) is 12.4 Å². The minimum atomic E-state index is 1.03. The zero-order valence-electron chi connectivity index (χ0n) is 6.46. The van der Waals surface area contributed by atoms with Crippen LogP contribution in [-0.2, 0) is 6.54 Å². The third-order valence-electron chi connectivity index (χ3n) is 1.54. The van der Waals surface area contributed by atoms with Crippen LogP contribution >= 0.6 is 0 Å². The van der Waals surface area contributed by atoms with Crippen LogP contribution in [0, 0.1) is 0 Å². The van der Waals surface area contributed by atoms with E-state index >= 15 is 0 Å². The second-order valence-electron chi connectivity index (χ2n) is 2.17. The van der Waals surface area contributed by atoms with Crippen molar-refractivity contribution in [2.45, 2.75) is 13.5 Å². The molecule has 1 heterocycles. The summed E-state index contributed by atoms with van der Waals surface area (Å²) in [6.45, 7) is 3.16. The van der Waals surface area contributed by atoms with Gasteiger partial charge in [0.25, 0.3) is 0 Å². The summed E-state index contributed by atoms with van der Waals surface area (Å²) in [5, 5.41) is 3.06. The van der Waals surface area contributed by atoms with E-state index in [2.05, 4.69) is 41.3 Å². The third-order valence-corrected chi connectivity index (χ3v) is 1.54. The molecule has 0 aliphatic carbocycles. The van der Waals surface area contributed by atoms with Gasteiger partial charge in [-0.15, -0.1) is 0 Å². The molecule has 1 aromatic heterocycles. The topological polar surface area (TPSA) is 15.9 Å². The Labute approximate surface area is 61.5 Å². The molecule has 1 aromatic rings. The first-order valence-electron chi connectivity index (χ1n) is 3.53. The molecule has 0 atom stereocenters. The molecule has 0 saturated carbocycles. The van der Waals surface area contributed by atoms with E-state index in [-0.39, 0.29) is 0 Å². The van der Waals surface area contributed by atoms with E-state index in [0.29, 0.717) is 0 Å². The molecule has 0 amide bonds. The molecular formula is C8H13N2+. The smallest absolute Gasteiger partial charge is 0.170 e. The molecule has 0 radical (unpaired) electrons. The molecule has 0 aliphatic rings. The second kappa shape index (κ2) is 3.20. The van der Waals surface area contributed by atoms with Gasteiger partial charge in [0.05, 0.1) is 0 Å². The van der Waals surface area contributed by atoms with Crippen molar-refractivity contribution in [3.05, 3.63) is 24.5 Å². The lowest BCUT2D eigenvalue weighted by atomic mass is 10.4. The van der Waals surface area contributed by atoms with Crippen LogP contribution in [0.25, 0.3) is 0 Å². The number of nitrogens with one attached hydrogen (secondary N) is 1. The Morgan fingerprint density at radius 3 is 2.40 bits per heavy atom. The number of hydrogen-bond donors (Lipinski definition) is 1. The summed E-state index contributed by atoms with van der Waals surface area (Å²) in [5.41, 5.74) is 1.16. The van der Waals surface area contributed by atoms with Crippen LogP contribution in [0.5, 0.6) is 0 Å². The van der Waals surface area contributed by atoms with Crippen LogP contribution in [0.2, 0.25) is 0 Å². The van der Waals surface area contributed by atoms with Crippen LogP contribution in [0.15, 0.2) is 24.5 Å². The Bertz CT molecular complexity index is 168. The first-order chi connectivity index (χ1) is 4.86. The SMILES string of the molecule is CC[n+]1ccc(NC)cc1. The molecule has 0 saturated heterocycles. The highest BCUT2D eigenvalue weighted by Gasteiger charge is 1.93. The standard InChI is InChI=1S/C8H12N2/c1-3-10-6-4-8(9-2)5-7-10/h4-7H,3H2,1-2H3/p+1. The molecule has 0 fully saturated rings. The van der Waals surface area contributed by atoms with Gasteiger partial charge in [-0.3, -0.25) is 0 Å². The van der Waals surface area contributed by atoms with E-state index in [1.54, 1.807) is 0 Å². The number of anilines is 1. The fourth-order valence-electron chi connectivity index (χ4n) is 0.835. The lowest BCUT2D eigenvalue weighted by molar-refractivity contribution is -0.693. The Morgan fingerprint density at radius 1 is 1.40 bits per heavy atom. The molecule has 1 N–H and O–H groups in total. The van der Waals surface area contributed by atoms with Gasteiger partial charge in [-0.1, -0.05) is 0 Å². The minimum Gasteiger partial charge on any atom is -0.388 e. The van der Waals surface area contributed by atoms with Crippen LogP contribution in [0.1, 0.15) is 6.92 Å². The molecule has 0 spiro atoms. The quantitative estimate of drug-likeness (QED) is 0.602. The number of hydrogen-bond acceptors (Lipinski definition) is 1. The summed E-state index contributed by atoms with van der Waals surface area (Å²) in [4.78, 5) is 0. The Balaban J connectivity index is 2.80. The normalized spacial score (nSPS) is 9.40. The molecule has 2 nitrogen and oxygen atoms in total. The molecule has 1 rings (SSSR count). The van der Waals surface area contributed by atoms with E-state index in [0.717, 1.165) is 12.2 Å². The van der Waals surface area contributed by atoms with Gasteiger partial charge in [0, 0.05) is 24.9 Å². The highest BCUT2D eigenvalue weighted by atomic mass is 14.9. The maximum absolute atomic E-state index is 3.06. The number of aromatic nitrogens is 1. The molecule has 10 heavy (non-hydrogen) atoms. The van der Waals surface area contributed by atoms with Gasteiger partial charge in [-0.25, -0.2) is 4.57 Å². The van der Waals surface area contributed by atoms with Gasteiger partial charge >= 0.3 is 0 Å². The zero-order chi connectivity index (χ0) is 7.40. The lowest BCUT2D eigenvalue weighted by Crippen LogP contribution is -2.30.